The van der Waals surface area contributed by atoms with Gasteiger partial charge in [-0.05, 0) is 42.5 Å². The van der Waals surface area contributed by atoms with Gasteiger partial charge in [0.05, 0.1) is 5.92 Å². The number of fused-ring (bicyclic) bond motifs is 2. The number of hydrogen-bond acceptors (Lipinski definition) is 3. The van der Waals surface area contributed by atoms with E-state index >= 15 is 0 Å². The van der Waals surface area contributed by atoms with Crippen LogP contribution in [0.3, 0.4) is 0 Å². The van der Waals surface area contributed by atoms with Crippen molar-refractivity contribution in [1.29, 1.82) is 0 Å². The number of amides is 1. The van der Waals surface area contributed by atoms with Crippen LogP contribution in [0.1, 0.15) is 29.9 Å². The Morgan fingerprint density at radius 2 is 1.87 bits per heavy atom. The third kappa shape index (κ3) is 2.77. The van der Waals surface area contributed by atoms with E-state index < -0.39 is 0 Å². The summed E-state index contributed by atoms with van der Waals surface area (Å²) in [7, 11) is 0. The normalized spacial score (nSPS) is 18.9. The molecule has 0 radical (unpaired) electrons. The van der Waals surface area contributed by atoms with E-state index in [1.807, 2.05) is 30.3 Å². The van der Waals surface area contributed by atoms with Gasteiger partial charge in [-0.15, -0.1) is 0 Å². The van der Waals surface area contributed by atoms with E-state index in [0.717, 1.165) is 36.3 Å². The van der Waals surface area contributed by atoms with Gasteiger partial charge >= 0.3 is 0 Å². The van der Waals surface area contributed by atoms with Crippen molar-refractivity contribution >= 4 is 11.6 Å². The zero-order valence-electron chi connectivity index (χ0n) is 12.9. The number of carbonyl (C=O) groups is 1. The lowest BCUT2D eigenvalue weighted by Crippen LogP contribution is -2.24. The van der Waals surface area contributed by atoms with E-state index in [0.29, 0.717) is 19.0 Å². The Kier molecular flexibility index (Phi) is 3.66. The molecule has 1 amide bonds. The first kappa shape index (κ1) is 14.1. The van der Waals surface area contributed by atoms with Crippen molar-refractivity contribution in [2.24, 2.45) is 0 Å². The zero-order chi connectivity index (χ0) is 15.6. The van der Waals surface area contributed by atoms with E-state index in [1.165, 1.54) is 5.56 Å². The third-order valence-electron chi connectivity index (χ3n) is 4.50. The van der Waals surface area contributed by atoms with E-state index in [-0.39, 0.29) is 11.8 Å². The second kappa shape index (κ2) is 5.95. The molecule has 1 atom stereocenters. The van der Waals surface area contributed by atoms with E-state index in [1.54, 1.807) is 0 Å². The van der Waals surface area contributed by atoms with Crippen LogP contribution in [0.4, 0.5) is 5.69 Å². The number of nitrogens with one attached hydrogen (secondary N) is 1. The van der Waals surface area contributed by atoms with Crippen LogP contribution in [0, 0.1) is 0 Å². The van der Waals surface area contributed by atoms with Gasteiger partial charge in [0, 0.05) is 11.8 Å². The highest BCUT2D eigenvalue weighted by atomic mass is 16.6. The first-order chi connectivity index (χ1) is 11.3. The highest BCUT2D eigenvalue weighted by Crippen LogP contribution is 2.35. The number of aryl methyl sites for hydroxylation is 1. The topological polar surface area (TPSA) is 47.6 Å². The molecule has 1 N–H and O–H groups in total. The molecule has 0 fully saturated rings. The van der Waals surface area contributed by atoms with Crippen LogP contribution in [0.15, 0.2) is 42.5 Å². The monoisotopic (exact) mass is 309 g/mol. The summed E-state index contributed by atoms with van der Waals surface area (Å²) in [6, 6.07) is 13.8. The molecule has 0 spiro atoms. The molecule has 1 aliphatic heterocycles. The fraction of sp³-hybridized carbons (Fsp3) is 0.316. The summed E-state index contributed by atoms with van der Waals surface area (Å²) in [5.41, 5.74) is 3.21. The van der Waals surface area contributed by atoms with Crippen LogP contribution in [0.5, 0.6) is 11.5 Å². The fourth-order valence-electron chi connectivity index (χ4n) is 3.38. The molecule has 4 rings (SSSR count). The molecule has 4 heteroatoms. The molecule has 2 aromatic carbocycles. The van der Waals surface area contributed by atoms with E-state index in [9.17, 15) is 4.79 Å². The minimum atomic E-state index is -0.0758. The number of carbonyl (C=O) groups excluding carboxylic acids is 1. The molecular formula is C19H19NO3. The Bertz CT molecular complexity index is 741. The summed E-state index contributed by atoms with van der Waals surface area (Å²) in [5, 5.41) is 3.03. The molecule has 0 bridgehead atoms. The molecule has 2 aromatic rings. The minimum absolute atomic E-state index is 0.0498. The Balaban J connectivity index is 1.55. The van der Waals surface area contributed by atoms with Crippen molar-refractivity contribution in [1.82, 2.24) is 0 Å². The minimum Gasteiger partial charge on any atom is -0.486 e. The molecule has 23 heavy (non-hydrogen) atoms. The lowest BCUT2D eigenvalue weighted by atomic mass is 9.82. The lowest BCUT2D eigenvalue weighted by Gasteiger charge is -2.25. The number of anilines is 1. The van der Waals surface area contributed by atoms with Gasteiger partial charge in [-0.2, -0.15) is 0 Å². The van der Waals surface area contributed by atoms with E-state index in [4.69, 9.17) is 9.47 Å². The van der Waals surface area contributed by atoms with Gasteiger partial charge in [0.15, 0.2) is 11.5 Å². The standard InChI is InChI=1S/C19H19NO3/c21-19(16-7-3-5-13-4-1-2-6-15(13)16)20-14-8-9-17-18(12-14)23-11-10-22-17/h1-2,4,6,8-9,12,16H,3,5,7,10-11H2,(H,20,21)/t16-/m0/s1. The predicted octanol–water partition coefficient (Wildman–Crippen LogP) is 3.52. The first-order valence-electron chi connectivity index (χ1n) is 8.09. The Labute approximate surface area is 135 Å². The van der Waals surface area contributed by atoms with E-state index in [2.05, 4.69) is 17.4 Å². The SMILES string of the molecule is O=C(Nc1ccc2c(c1)OCCO2)[C@H]1CCCc2ccccc21. The van der Waals surface area contributed by atoms with Gasteiger partial charge in [-0.25, -0.2) is 0 Å². The number of benzene rings is 2. The summed E-state index contributed by atoms with van der Waals surface area (Å²) >= 11 is 0. The molecular weight excluding hydrogens is 290 g/mol. The number of ether oxygens (including phenoxy) is 2. The summed E-state index contributed by atoms with van der Waals surface area (Å²) in [5.74, 6) is 1.40. The van der Waals surface area contributed by atoms with Gasteiger partial charge < -0.3 is 14.8 Å². The highest BCUT2D eigenvalue weighted by molar-refractivity contribution is 5.96. The summed E-state index contributed by atoms with van der Waals surface area (Å²) in [6.45, 7) is 1.11. The maximum absolute atomic E-state index is 12.7. The van der Waals surface area contributed by atoms with Crippen LogP contribution in [-0.4, -0.2) is 19.1 Å². The van der Waals surface area contributed by atoms with Crippen molar-refractivity contribution in [2.75, 3.05) is 18.5 Å². The molecule has 1 aliphatic carbocycles. The van der Waals surface area contributed by atoms with Crippen LogP contribution >= 0.6 is 0 Å². The van der Waals surface area contributed by atoms with Crippen molar-refractivity contribution in [3.05, 3.63) is 53.6 Å². The second-order valence-corrected chi connectivity index (χ2v) is 5.99. The summed E-state index contributed by atoms with van der Waals surface area (Å²) in [6.07, 6.45) is 3.01. The lowest BCUT2D eigenvalue weighted by molar-refractivity contribution is -0.117. The molecule has 118 valence electrons. The average molecular weight is 309 g/mol. The third-order valence-corrected chi connectivity index (χ3v) is 4.50. The molecule has 1 heterocycles. The largest absolute Gasteiger partial charge is 0.486 e. The average Bonchev–Trinajstić information content (AvgIpc) is 2.61. The Hall–Kier alpha value is -2.49. The van der Waals surface area contributed by atoms with Crippen LogP contribution in [0.25, 0.3) is 0 Å². The fourth-order valence-corrected chi connectivity index (χ4v) is 3.38. The maximum Gasteiger partial charge on any atom is 0.231 e. The molecule has 2 aliphatic rings. The maximum atomic E-state index is 12.7. The number of hydrogen-bond donors (Lipinski definition) is 1. The van der Waals surface area contributed by atoms with Crippen molar-refractivity contribution in [3.8, 4) is 11.5 Å². The number of rotatable bonds is 2. The second-order valence-electron chi connectivity index (χ2n) is 5.99. The van der Waals surface area contributed by atoms with Crippen LogP contribution < -0.4 is 14.8 Å². The van der Waals surface area contributed by atoms with Gasteiger partial charge in [-0.3, -0.25) is 4.79 Å². The molecule has 4 nitrogen and oxygen atoms in total. The Morgan fingerprint density at radius 3 is 2.78 bits per heavy atom. The summed E-state index contributed by atoms with van der Waals surface area (Å²) in [4.78, 5) is 12.7. The van der Waals surface area contributed by atoms with Crippen LogP contribution in [-0.2, 0) is 11.2 Å². The van der Waals surface area contributed by atoms with Gasteiger partial charge in [0.1, 0.15) is 13.2 Å². The predicted molar refractivity (Wildman–Crippen MR) is 88.2 cm³/mol. The van der Waals surface area contributed by atoms with Gasteiger partial charge in [0.2, 0.25) is 5.91 Å². The van der Waals surface area contributed by atoms with Crippen molar-refractivity contribution in [2.45, 2.75) is 25.2 Å². The molecule has 0 saturated carbocycles. The highest BCUT2D eigenvalue weighted by Gasteiger charge is 2.26. The van der Waals surface area contributed by atoms with Gasteiger partial charge in [-0.1, -0.05) is 24.3 Å². The van der Waals surface area contributed by atoms with Gasteiger partial charge in [0.25, 0.3) is 0 Å². The Morgan fingerprint density at radius 1 is 1.04 bits per heavy atom. The summed E-state index contributed by atoms with van der Waals surface area (Å²) < 4.78 is 11.1. The molecule has 0 unspecified atom stereocenters. The molecule has 0 aromatic heterocycles. The van der Waals surface area contributed by atoms with Crippen molar-refractivity contribution in [3.63, 3.8) is 0 Å². The quantitative estimate of drug-likeness (QED) is 0.923. The zero-order valence-corrected chi connectivity index (χ0v) is 12.9. The first-order valence-corrected chi connectivity index (χ1v) is 8.09. The van der Waals surface area contributed by atoms with Crippen LogP contribution in [0.2, 0.25) is 0 Å². The smallest absolute Gasteiger partial charge is 0.231 e. The van der Waals surface area contributed by atoms with Crippen molar-refractivity contribution < 1.29 is 14.3 Å². The molecule has 0 saturated heterocycles.